The van der Waals surface area contributed by atoms with Crippen LogP contribution in [0.1, 0.15) is 41.0 Å². The standard InChI is InChI=1S/C13H13N3O2.C8H13N.C3H8/c1-18-13(14)16-12-4-2-3-9-5-6-10(15-8-17)7-11(9)12;1-5-8(4)9-6-7(2)3;1-3-2/h2-8H,1H3,(H2,14,16)(H,15,17);5-6H,2H2,1,3-4H3;3H2,1-2H3/b;8-5-,9-6?;. The molecule has 0 aliphatic heterocycles. The van der Waals surface area contributed by atoms with Gasteiger partial charge in [0.1, 0.15) is 0 Å². The lowest BCUT2D eigenvalue weighted by atomic mass is 10.1. The number of hydrogen-bond acceptors (Lipinski definition) is 4. The number of methoxy groups -OCH3 is 1. The van der Waals surface area contributed by atoms with E-state index in [4.69, 9.17) is 10.5 Å². The zero-order valence-electron chi connectivity index (χ0n) is 18.9. The smallest absolute Gasteiger partial charge is 0.286 e. The summed E-state index contributed by atoms with van der Waals surface area (Å²) in [5, 5.41) is 4.51. The van der Waals surface area contributed by atoms with Crippen LogP contribution in [0.2, 0.25) is 0 Å². The summed E-state index contributed by atoms with van der Waals surface area (Å²) in [6.07, 6.45) is 5.60. The molecule has 0 spiro atoms. The lowest BCUT2D eigenvalue weighted by Gasteiger charge is -2.05. The van der Waals surface area contributed by atoms with Crippen molar-refractivity contribution in [3.63, 3.8) is 0 Å². The number of nitrogens with zero attached hydrogens (tertiary/aromatic N) is 2. The van der Waals surface area contributed by atoms with Gasteiger partial charge in [-0.3, -0.25) is 9.79 Å². The highest BCUT2D eigenvalue weighted by molar-refractivity contribution is 5.97. The molecule has 0 saturated heterocycles. The van der Waals surface area contributed by atoms with Crippen LogP contribution >= 0.6 is 0 Å². The number of amides is 1. The summed E-state index contributed by atoms with van der Waals surface area (Å²) in [5.74, 6) is 0. The first-order chi connectivity index (χ1) is 14.3. The van der Waals surface area contributed by atoms with Crippen LogP contribution in [0.4, 0.5) is 11.4 Å². The number of ether oxygens (including phenoxy) is 1. The molecular weight excluding hydrogens is 376 g/mol. The largest absolute Gasteiger partial charge is 0.469 e. The first kappa shape index (κ1) is 26.6. The van der Waals surface area contributed by atoms with Gasteiger partial charge in [0.15, 0.2) is 0 Å². The topological polar surface area (TPSA) is 89.1 Å². The van der Waals surface area contributed by atoms with Crippen LogP contribution in [0, 0.1) is 0 Å². The highest BCUT2D eigenvalue weighted by atomic mass is 16.5. The highest BCUT2D eigenvalue weighted by Crippen LogP contribution is 2.28. The van der Waals surface area contributed by atoms with E-state index in [2.05, 4.69) is 35.7 Å². The number of fused-ring (bicyclic) bond motifs is 1. The summed E-state index contributed by atoms with van der Waals surface area (Å²) < 4.78 is 4.84. The molecule has 2 rings (SSSR count). The molecule has 0 aromatic heterocycles. The van der Waals surface area contributed by atoms with Gasteiger partial charge in [-0.1, -0.05) is 51.1 Å². The van der Waals surface area contributed by atoms with Crippen molar-refractivity contribution in [3.05, 3.63) is 60.3 Å². The van der Waals surface area contributed by atoms with Crippen molar-refractivity contribution < 1.29 is 9.53 Å². The van der Waals surface area contributed by atoms with Gasteiger partial charge < -0.3 is 15.8 Å². The number of allylic oxidation sites excluding steroid dienone is 3. The van der Waals surface area contributed by atoms with Crippen molar-refractivity contribution in [2.45, 2.75) is 41.0 Å². The summed E-state index contributed by atoms with van der Waals surface area (Å²) in [6.45, 7) is 13.8. The van der Waals surface area contributed by atoms with Crippen molar-refractivity contribution >= 4 is 40.8 Å². The van der Waals surface area contributed by atoms with E-state index in [1.165, 1.54) is 13.5 Å². The van der Waals surface area contributed by atoms with E-state index in [0.29, 0.717) is 17.8 Å². The Morgan fingerprint density at radius 3 is 2.43 bits per heavy atom. The Balaban J connectivity index is 0.000000591. The van der Waals surface area contributed by atoms with E-state index < -0.39 is 0 Å². The molecule has 0 fully saturated rings. The number of anilines is 1. The van der Waals surface area contributed by atoms with Gasteiger partial charge in [0.2, 0.25) is 6.41 Å². The Hall–Kier alpha value is -3.41. The number of nitrogens with two attached hydrogens (primary N) is 1. The van der Waals surface area contributed by atoms with Gasteiger partial charge in [0.05, 0.1) is 12.8 Å². The molecule has 3 N–H and O–H groups in total. The summed E-state index contributed by atoms with van der Waals surface area (Å²) in [6, 6.07) is 11.3. The van der Waals surface area contributed by atoms with Gasteiger partial charge in [0.25, 0.3) is 6.02 Å². The second kappa shape index (κ2) is 15.5. The first-order valence-corrected chi connectivity index (χ1v) is 9.76. The average molecular weight is 411 g/mol. The molecule has 0 atom stereocenters. The van der Waals surface area contributed by atoms with Crippen LogP contribution in [-0.4, -0.2) is 25.8 Å². The Labute approximate surface area is 180 Å². The second-order valence-corrected chi connectivity index (χ2v) is 6.37. The molecule has 0 saturated carbocycles. The third-order valence-corrected chi connectivity index (χ3v) is 3.43. The van der Waals surface area contributed by atoms with Crippen LogP contribution in [0.25, 0.3) is 10.8 Å². The molecule has 6 heteroatoms. The lowest BCUT2D eigenvalue weighted by Crippen LogP contribution is -2.12. The lowest BCUT2D eigenvalue weighted by molar-refractivity contribution is -0.105. The average Bonchev–Trinajstić information content (AvgIpc) is 2.73. The minimum atomic E-state index is 0.0937. The molecule has 0 bridgehead atoms. The van der Waals surface area contributed by atoms with E-state index in [0.717, 1.165) is 22.0 Å². The van der Waals surface area contributed by atoms with E-state index in [9.17, 15) is 4.79 Å². The number of hydrogen-bond donors (Lipinski definition) is 2. The SMILES string of the molecule is C=C(C)C=N/C(C)=C\C.CCC.COC(N)=Nc1cccc2ccc(NC=O)cc12. The zero-order valence-corrected chi connectivity index (χ0v) is 18.9. The van der Waals surface area contributed by atoms with Crippen LogP contribution in [0.3, 0.4) is 0 Å². The maximum absolute atomic E-state index is 10.4. The van der Waals surface area contributed by atoms with Gasteiger partial charge in [-0.15, -0.1) is 0 Å². The van der Waals surface area contributed by atoms with Gasteiger partial charge in [-0.05, 0) is 49.9 Å². The van der Waals surface area contributed by atoms with Crippen molar-refractivity contribution in [3.8, 4) is 0 Å². The van der Waals surface area contributed by atoms with Gasteiger partial charge in [-0.2, -0.15) is 4.99 Å². The molecule has 0 unspecified atom stereocenters. The Morgan fingerprint density at radius 2 is 1.90 bits per heavy atom. The summed E-state index contributed by atoms with van der Waals surface area (Å²) >= 11 is 0. The van der Waals surface area contributed by atoms with Crippen LogP contribution in [0.15, 0.2) is 70.3 Å². The molecule has 6 nitrogen and oxygen atoms in total. The summed E-state index contributed by atoms with van der Waals surface area (Å²) in [4.78, 5) is 18.7. The number of carbonyl (C=O) groups is 1. The minimum absolute atomic E-state index is 0.0937. The molecule has 0 aliphatic carbocycles. The number of rotatable bonds is 5. The van der Waals surface area contributed by atoms with Gasteiger partial charge in [-0.25, -0.2) is 0 Å². The molecule has 2 aromatic carbocycles. The van der Waals surface area contributed by atoms with Crippen LogP contribution < -0.4 is 11.1 Å². The fourth-order valence-corrected chi connectivity index (χ4v) is 1.96. The van der Waals surface area contributed by atoms with Gasteiger partial charge >= 0.3 is 0 Å². The minimum Gasteiger partial charge on any atom is -0.469 e. The number of carbonyl (C=O) groups excluding carboxylic acids is 1. The summed E-state index contributed by atoms with van der Waals surface area (Å²) in [5.41, 5.74) is 8.96. The molecule has 1 amide bonds. The van der Waals surface area contributed by atoms with Crippen LogP contribution in [-0.2, 0) is 9.53 Å². The maximum atomic E-state index is 10.4. The Morgan fingerprint density at radius 1 is 1.23 bits per heavy atom. The van der Waals surface area contributed by atoms with Crippen molar-refractivity contribution in [2.24, 2.45) is 15.7 Å². The van der Waals surface area contributed by atoms with Crippen molar-refractivity contribution in [2.75, 3.05) is 12.4 Å². The highest BCUT2D eigenvalue weighted by Gasteiger charge is 2.02. The van der Waals surface area contributed by atoms with Crippen molar-refractivity contribution in [1.82, 2.24) is 0 Å². The number of benzene rings is 2. The molecule has 30 heavy (non-hydrogen) atoms. The van der Waals surface area contributed by atoms with E-state index in [1.54, 1.807) is 6.21 Å². The molecule has 0 heterocycles. The van der Waals surface area contributed by atoms with Crippen molar-refractivity contribution in [1.29, 1.82) is 0 Å². The number of aliphatic imine (C=N–C) groups is 2. The predicted molar refractivity (Wildman–Crippen MR) is 131 cm³/mol. The molecule has 162 valence electrons. The Kier molecular flexibility index (Phi) is 13.7. The van der Waals surface area contributed by atoms with E-state index in [1.807, 2.05) is 63.2 Å². The fourth-order valence-electron chi connectivity index (χ4n) is 1.96. The third-order valence-electron chi connectivity index (χ3n) is 3.43. The van der Waals surface area contributed by atoms with Crippen LogP contribution in [0.5, 0.6) is 0 Å². The Bertz CT molecular complexity index is 899. The fraction of sp³-hybridized carbons (Fsp3) is 0.292. The van der Waals surface area contributed by atoms with E-state index >= 15 is 0 Å². The van der Waals surface area contributed by atoms with E-state index in [-0.39, 0.29) is 6.02 Å². The quantitative estimate of drug-likeness (QED) is 0.361. The zero-order chi connectivity index (χ0) is 22.9. The number of nitrogens with one attached hydrogen (secondary N) is 1. The molecule has 0 radical (unpaired) electrons. The molecule has 0 aliphatic rings. The molecular formula is C24H34N4O2. The third kappa shape index (κ3) is 10.8. The second-order valence-electron chi connectivity index (χ2n) is 6.37. The van der Waals surface area contributed by atoms with Gasteiger partial charge in [0, 0.05) is 23.0 Å². The number of amidine groups is 1. The first-order valence-electron chi connectivity index (χ1n) is 9.76. The molecule has 2 aromatic rings. The normalized spacial score (nSPS) is 11.1. The monoisotopic (exact) mass is 410 g/mol. The predicted octanol–water partition coefficient (Wildman–Crippen LogP) is 5.97. The maximum Gasteiger partial charge on any atom is 0.286 e. The summed E-state index contributed by atoms with van der Waals surface area (Å²) in [7, 11) is 1.46.